The number of carbonyl (C=O) groups is 1. The van der Waals surface area contributed by atoms with Crippen LogP contribution in [-0.2, 0) is 11.2 Å². The number of hydrogen-bond donors (Lipinski definition) is 1. The molecule has 0 radical (unpaired) electrons. The van der Waals surface area contributed by atoms with E-state index in [1.165, 1.54) is 0 Å². The number of nitrogens with one attached hydrogen (secondary N) is 1. The van der Waals surface area contributed by atoms with Gasteiger partial charge in [0.25, 0.3) is 0 Å². The van der Waals surface area contributed by atoms with Crippen molar-refractivity contribution >= 4 is 5.78 Å². The number of benzene rings is 1. The van der Waals surface area contributed by atoms with E-state index in [0.29, 0.717) is 0 Å². The third-order valence-electron chi connectivity index (χ3n) is 2.44. The average molecular weight is 207 g/mol. The summed E-state index contributed by atoms with van der Waals surface area (Å²) in [5.74, 6) is 0.996. The number of likely N-dealkylation sites (N-methyl/N-ethyl adjacent to an activating group) is 1. The Kier molecular flexibility index (Phi) is 4.31. The highest BCUT2D eigenvalue weighted by Gasteiger charge is 2.11. The Morgan fingerprint density at radius 1 is 1.40 bits per heavy atom. The zero-order chi connectivity index (χ0) is 11.3. The molecule has 0 spiro atoms. The summed E-state index contributed by atoms with van der Waals surface area (Å²) in [6.45, 7) is 1.60. The van der Waals surface area contributed by atoms with Crippen molar-refractivity contribution in [2.45, 2.75) is 19.4 Å². The van der Waals surface area contributed by atoms with Crippen molar-refractivity contribution in [3.63, 3.8) is 0 Å². The number of Topliss-reactive ketones (excluding diaryl/α,β-unsaturated/α-hetero) is 1. The topological polar surface area (TPSA) is 38.3 Å². The molecule has 0 unspecified atom stereocenters. The van der Waals surface area contributed by atoms with Crippen molar-refractivity contribution in [3.05, 3.63) is 29.8 Å². The van der Waals surface area contributed by atoms with Gasteiger partial charge in [-0.25, -0.2) is 0 Å². The van der Waals surface area contributed by atoms with Crippen LogP contribution >= 0.6 is 0 Å². The SMILES string of the molecule is CN[C@@H](Cc1ccc(OC)cc1)C(C)=O. The van der Waals surface area contributed by atoms with Gasteiger partial charge in [0.2, 0.25) is 0 Å². The molecule has 0 bridgehead atoms. The highest BCUT2D eigenvalue weighted by molar-refractivity contribution is 5.81. The van der Waals surface area contributed by atoms with Gasteiger partial charge in [-0.2, -0.15) is 0 Å². The predicted molar refractivity (Wildman–Crippen MR) is 60.2 cm³/mol. The summed E-state index contributed by atoms with van der Waals surface area (Å²) >= 11 is 0. The van der Waals surface area contributed by atoms with Gasteiger partial charge in [0.05, 0.1) is 13.2 Å². The molecule has 0 aliphatic carbocycles. The van der Waals surface area contributed by atoms with E-state index < -0.39 is 0 Å². The smallest absolute Gasteiger partial charge is 0.147 e. The molecule has 82 valence electrons. The van der Waals surface area contributed by atoms with Crippen LogP contribution in [0.5, 0.6) is 5.75 Å². The van der Waals surface area contributed by atoms with E-state index in [1.807, 2.05) is 24.3 Å². The fourth-order valence-electron chi connectivity index (χ4n) is 1.45. The molecule has 1 aromatic rings. The molecule has 0 heterocycles. The minimum atomic E-state index is -0.0987. The van der Waals surface area contributed by atoms with Gasteiger partial charge in [0, 0.05) is 0 Å². The maximum absolute atomic E-state index is 11.2. The Balaban J connectivity index is 2.67. The summed E-state index contributed by atoms with van der Waals surface area (Å²) < 4.78 is 5.07. The summed E-state index contributed by atoms with van der Waals surface area (Å²) in [6, 6.07) is 7.67. The van der Waals surface area contributed by atoms with Gasteiger partial charge in [0.1, 0.15) is 11.5 Å². The first-order chi connectivity index (χ1) is 7.17. The van der Waals surface area contributed by atoms with Gasteiger partial charge in [-0.15, -0.1) is 0 Å². The number of hydrogen-bond acceptors (Lipinski definition) is 3. The second-order valence-corrected chi connectivity index (χ2v) is 3.50. The highest BCUT2D eigenvalue weighted by atomic mass is 16.5. The van der Waals surface area contributed by atoms with Crippen LogP contribution in [0, 0.1) is 0 Å². The molecule has 0 aliphatic rings. The number of ketones is 1. The lowest BCUT2D eigenvalue weighted by Gasteiger charge is -2.12. The van der Waals surface area contributed by atoms with Crippen LogP contribution in [0.25, 0.3) is 0 Å². The largest absolute Gasteiger partial charge is 0.497 e. The maximum Gasteiger partial charge on any atom is 0.147 e. The van der Waals surface area contributed by atoms with E-state index in [1.54, 1.807) is 21.1 Å². The van der Waals surface area contributed by atoms with Crippen molar-refractivity contribution in [2.24, 2.45) is 0 Å². The molecule has 0 aromatic heterocycles. The molecule has 1 atom stereocenters. The van der Waals surface area contributed by atoms with Crippen LogP contribution in [0.4, 0.5) is 0 Å². The second-order valence-electron chi connectivity index (χ2n) is 3.50. The lowest BCUT2D eigenvalue weighted by atomic mass is 10.0. The molecule has 0 aliphatic heterocycles. The summed E-state index contributed by atoms with van der Waals surface area (Å²) in [4.78, 5) is 11.2. The van der Waals surface area contributed by atoms with Gasteiger partial charge >= 0.3 is 0 Å². The van der Waals surface area contributed by atoms with Crippen molar-refractivity contribution in [2.75, 3.05) is 14.2 Å². The van der Waals surface area contributed by atoms with Crippen LogP contribution in [0.3, 0.4) is 0 Å². The maximum atomic E-state index is 11.2. The van der Waals surface area contributed by atoms with E-state index >= 15 is 0 Å². The third-order valence-corrected chi connectivity index (χ3v) is 2.44. The Hall–Kier alpha value is -1.35. The monoisotopic (exact) mass is 207 g/mol. The van der Waals surface area contributed by atoms with Crippen molar-refractivity contribution < 1.29 is 9.53 Å². The zero-order valence-corrected chi connectivity index (χ0v) is 9.41. The second kappa shape index (κ2) is 5.51. The van der Waals surface area contributed by atoms with Crippen LogP contribution in [0.1, 0.15) is 12.5 Å². The van der Waals surface area contributed by atoms with E-state index in [9.17, 15) is 4.79 Å². The molecule has 0 fully saturated rings. The first kappa shape index (κ1) is 11.7. The summed E-state index contributed by atoms with van der Waals surface area (Å²) in [5, 5.41) is 3.00. The number of carbonyl (C=O) groups excluding carboxylic acids is 1. The van der Waals surface area contributed by atoms with Crippen LogP contribution < -0.4 is 10.1 Å². The zero-order valence-electron chi connectivity index (χ0n) is 9.41. The molecule has 3 heteroatoms. The minimum Gasteiger partial charge on any atom is -0.497 e. The van der Waals surface area contributed by atoms with Crippen LogP contribution in [0.15, 0.2) is 24.3 Å². The van der Waals surface area contributed by atoms with E-state index in [4.69, 9.17) is 4.74 Å². The molecule has 0 saturated carbocycles. The summed E-state index contributed by atoms with van der Waals surface area (Å²) in [5.41, 5.74) is 1.13. The van der Waals surface area contributed by atoms with Crippen LogP contribution in [-0.4, -0.2) is 26.0 Å². The summed E-state index contributed by atoms with van der Waals surface area (Å²) in [7, 11) is 3.44. The van der Waals surface area contributed by atoms with Crippen molar-refractivity contribution in [1.82, 2.24) is 5.32 Å². The quantitative estimate of drug-likeness (QED) is 0.793. The standard InChI is InChI=1S/C12H17NO2/c1-9(14)12(13-2)8-10-4-6-11(15-3)7-5-10/h4-7,12-13H,8H2,1-3H3/t12-/m0/s1. The molecule has 0 amide bonds. The average Bonchev–Trinajstić information content (AvgIpc) is 2.26. The van der Waals surface area contributed by atoms with Crippen molar-refractivity contribution in [1.29, 1.82) is 0 Å². The Labute approximate surface area is 90.4 Å². The van der Waals surface area contributed by atoms with Gasteiger partial charge in [-0.05, 0) is 38.1 Å². The van der Waals surface area contributed by atoms with Gasteiger partial charge < -0.3 is 10.1 Å². The minimum absolute atomic E-state index is 0.0987. The first-order valence-corrected chi connectivity index (χ1v) is 4.98. The number of methoxy groups -OCH3 is 1. The molecule has 0 saturated heterocycles. The first-order valence-electron chi connectivity index (χ1n) is 4.98. The van der Waals surface area contributed by atoms with Gasteiger partial charge in [-0.1, -0.05) is 12.1 Å². The third kappa shape index (κ3) is 3.36. The molecular weight excluding hydrogens is 190 g/mol. The lowest BCUT2D eigenvalue weighted by molar-refractivity contribution is -0.118. The highest BCUT2D eigenvalue weighted by Crippen LogP contribution is 2.12. The Bertz CT molecular complexity index is 319. The van der Waals surface area contributed by atoms with E-state index in [2.05, 4.69) is 5.32 Å². The summed E-state index contributed by atoms with van der Waals surface area (Å²) in [6.07, 6.45) is 0.718. The molecule has 3 nitrogen and oxygen atoms in total. The van der Waals surface area contributed by atoms with Gasteiger partial charge in [0.15, 0.2) is 0 Å². The Morgan fingerprint density at radius 3 is 2.40 bits per heavy atom. The molecule has 1 N–H and O–H groups in total. The predicted octanol–water partition coefficient (Wildman–Crippen LogP) is 1.41. The Morgan fingerprint density at radius 2 is 2.00 bits per heavy atom. The van der Waals surface area contributed by atoms with E-state index in [-0.39, 0.29) is 11.8 Å². The van der Waals surface area contributed by atoms with Crippen LogP contribution in [0.2, 0.25) is 0 Å². The molecular formula is C12H17NO2. The lowest BCUT2D eigenvalue weighted by Crippen LogP contribution is -2.34. The normalized spacial score (nSPS) is 12.2. The molecule has 1 rings (SSSR count). The fraction of sp³-hybridized carbons (Fsp3) is 0.417. The molecule has 15 heavy (non-hydrogen) atoms. The fourth-order valence-corrected chi connectivity index (χ4v) is 1.45. The number of rotatable bonds is 5. The van der Waals surface area contributed by atoms with Crippen molar-refractivity contribution in [3.8, 4) is 5.75 Å². The number of ether oxygens (including phenoxy) is 1. The van der Waals surface area contributed by atoms with E-state index in [0.717, 1.165) is 17.7 Å². The molecule has 1 aromatic carbocycles. The van der Waals surface area contributed by atoms with Gasteiger partial charge in [-0.3, -0.25) is 4.79 Å².